The van der Waals surface area contributed by atoms with Crippen molar-refractivity contribution in [2.45, 2.75) is 17.5 Å². The maximum atomic E-state index is 13.0. The van der Waals surface area contributed by atoms with E-state index in [1.807, 2.05) is 30.3 Å². The summed E-state index contributed by atoms with van der Waals surface area (Å²) in [4.78, 5) is 30.1. The van der Waals surface area contributed by atoms with Gasteiger partial charge in [-0.3, -0.25) is 0 Å². The van der Waals surface area contributed by atoms with Crippen LogP contribution in [0.15, 0.2) is 99.0 Å². The molecule has 2 aromatic heterocycles. The number of halogens is 3. The van der Waals surface area contributed by atoms with Crippen molar-refractivity contribution < 1.29 is 27.1 Å². The van der Waals surface area contributed by atoms with Gasteiger partial charge < -0.3 is 9.15 Å². The maximum absolute atomic E-state index is 13.0. The summed E-state index contributed by atoms with van der Waals surface area (Å²) >= 11 is 1.53. The number of para-hydroxylation sites is 2. The lowest BCUT2D eigenvalue weighted by Gasteiger charge is -2.11. The molecule has 5 aromatic rings. The minimum atomic E-state index is -4.40. The molecule has 0 spiro atoms. The number of ether oxygens (including phenoxy) is 1. The molecule has 0 atom stereocenters. The molecule has 0 amide bonds. The first-order valence-corrected chi connectivity index (χ1v) is 12.7. The Hall–Kier alpha value is -4.11. The van der Waals surface area contributed by atoms with Gasteiger partial charge in [-0.1, -0.05) is 48.5 Å². The van der Waals surface area contributed by atoms with E-state index in [4.69, 9.17) is 9.15 Å². The highest BCUT2D eigenvalue weighted by Gasteiger charge is 2.30. The quantitative estimate of drug-likeness (QED) is 0.0938. The second kappa shape index (κ2) is 10.7. The zero-order valence-electron chi connectivity index (χ0n) is 19.8. The molecular formula is C29H20F3NO4S. The molecule has 5 nitrogen and oxygen atoms in total. The molecule has 0 aliphatic heterocycles. The highest BCUT2D eigenvalue weighted by atomic mass is 32.2. The number of rotatable bonds is 7. The number of nitrogens with zero attached hydrogens (tertiary/aromatic N) is 1. The predicted molar refractivity (Wildman–Crippen MR) is 140 cm³/mol. The second-order valence-electron chi connectivity index (χ2n) is 8.42. The fourth-order valence-electron chi connectivity index (χ4n) is 3.93. The smallest absolute Gasteiger partial charge is 0.416 e. The van der Waals surface area contributed by atoms with Crippen LogP contribution in [0, 0.1) is 0 Å². The number of hydrogen-bond donors (Lipinski definition) is 0. The Bertz CT molecular complexity index is 1680. The first-order valence-electron chi connectivity index (χ1n) is 11.7. The third-order valence-electron chi connectivity index (χ3n) is 5.83. The summed E-state index contributed by atoms with van der Waals surface area (Å²) in [6.45, 7) is 0.104. The molecule has 0 N–H and O–H groups in total. The van der Waals surface area contributed by atoms with Gasteiger partial charge in [0.25, 0.3) is 0 Å². The summed E-state index contributed by atoms with van der Waals surface area (Å²) in [5, 5.41) is 1.54. The van der Waals surface area contributed by atoms with Crippen molar-refractivity contribution in [3.8, 4) is 11.3 Å². The SMILES string of the molecule is O=C(OCCCSc1cc(-c2ccc(C(F)(F)F)cc2)nc2ccccc12)c1cc2ccccc2oc1=O. The molecule has 2 heterocycles. The van der Waals surface area contributed by atoms with Crippen LogP contribution in [0.25, 0.3) is 33.1 Å². The number of thioether (sulfide) groups is 1. The molecule has 38 heavy (non-hydrogen) atoms. The van der Waals surface area contributed by atoms with E-state index in [-0.39, 0.29) is 12.2 Å². The van der Waals surface area contributed by atoms with Crippen molar-refractivity contribution in [3.05, 3.63) is 106 Å². The van der Waals surface area contributed by atoms with Crippen LogP contribution in [0.1, 0.15) is 22.3 Å². The van der Waals surface area contributed by atoms with Gasteiger partial charge in [-0.25, -0.2) is 14.6 Å². The summed E-state index contributed by atoms with van der Waals surface area (Å²) in [5.74, 6) is -0.145. The summed E-state index contributed by atoms with van der Waals surface area (Å²) in [7, 11) is 0. The lowest BCUT2D eigenvalue weighted by atomic mass is 10.1. The van der Waals surface area contributed by atoms with Crippen LogP contribution in [0.3, 0.4) is 0 Å². The van der Waals surface area contributed by atoms with Gasteiger partial charge in [0.1, 0.15) is 11.1 Å². The number of aromatic nitrogens is 1. The Balaban J connectivity index is 1.26. The largest absolute Gasteiger partial charge is 0.462 e. The predicted octanol–water partition coefficient (Wildman–Crippen LogP) is 7.37. The average molecular weight is 536 g/mol. The van der Waals surface area contributed by atoms with Gasteiger partial charge in [-0.15, -0.1) is 11.8 Å². The lowest BCUT2D eigenvalue weighted by Crippen LogP contribution is -2.17. The number of benzene rings is 3. The summed E-state index contributed by atoms with van der Waals surface area (Å²) in [5.41, 5.74) is 0.642. The molecule has 0 radical (unpaired) electrons. The molecule has 9 heteroatoms. The summed E-state index contributed by atoms with van der Waals surface area (Å²) in [6.07, 6.45) is -3.89. The van der Waals surface area contributed by atoms with Crippen LogP contribution in [0.2, 0.25) is 0 Å². The van der Waals surface area contributed by atoms with E-state index in [1.165, 1.54) is 30.0 Å². The molecule has 0 bridgehead atoms. The van der Waals surface area contributed by atoms with Crippen molar-refractivity contribution in [1.82, 2.24) is 4.98 Å². The molecule has 0 aliphatic rings. The van der Waals surface area contributed by atoms with Crippen LogP contribution >= 0.6 is 11.8 Å². The molecule has 0 saturated heterocycles. The fraction of sp³-hybridized carbons (Fsp3) is 0.138. The maximum Gasteiger partial charge on any atom is 0.416 e. The van der Waals surface area contributed by atoms with Crippen LogP contribution in [0.5, 0.6) is 0 Å². The van der Waals surface area contributed by atoms with E-state index < -0.39 is 23.3 Å². The highest BCUT2D eigenvalue weighted by Crippen LogP contribution is 2.34. The van der Waals surface area contributed by atoms with Crippen LogP contribution in [-0.4, -0.2) is 23.3 Å². The highest BCUT2D eigenvalue weighted by molar-refractivity contribution is 7.99. The minimum Gasteiger partial charge on any atom is -0.462 e. The molecular weight excluding hydrogens is 515 g/mol. The second-order valence-corrected chi connectivity index (χ2v) is 9.56. The number of alkyl halides is 3. The van der Waals surface area contributed by atoms with Crippen LogP contribution in [-0.2, 0) is 10.9 Å². The number of pyridine rings is 1. The Morgan fingerprint density at radius 1 is 0.947 bits per heavy atom. The monoisotopic (exact) mass is 535 g/mol. The normalized spacial score (nSPS) is 11.7. The van der Waals surface area contributed by atoms with Gasteiger partial charge >= 0.3 is 17.8 Å². The minimum absolute atomic E-state index is 0.104. The molecule has 0 unspecified atom stereocenters. The zero-order chi connectivity index (χ0) is 26.7. The van der Waals surface area contributed by atoms with Crippen LogP contribution < -0.4 is 5.63 Å². The molecule has 0 fully saturated rings. The molecule has 0 aliphatic carbocycles. The number of carbonyl (C=O) groups is 1. The van der Waals surface area contributed by atoms with E-state index >= 15 is 0 Å². The van der Waals surface area contributed by atoms with Crippen molar-refractivity contribution in [3.63, 3.8) is 0 Å². The summed E-state index contributed by atoms with van der Waals surface area (Å²) in [6, 6.07) is 22.7. The van der Waals surface area contributed by atoms with Gasteiger partial charge in [0.05, 0.1) is 23.4 Å². The molecule has 192 valence electrons. The van der Waals surface area contributed by atoms with Gasteiger partial charge in [-0.2, -0.15) is 13.2 Å². The van der Waals surface area contributed by atoms with Crippen molar-refractivity contribution in [2.75, 3.05) is 12.4 Å². The lowest BCUT2D eigenvalue weighted by molar-refractivity contribution is -0.137. The fourth-order valence-corrected chi connectivity index (χ4v) is 4.93. The number of esters is 1. The van der Waals surface area contributed by atoms with Gasteiger partial charge in [0, 0.05) is 27.0 Å². The van der Waals surface area contributed by atoms with E-state index in [2.05, 4.69) is 4.98 Å². The van der Waals surface area contributed by atoms with Gasteiger partial charge in [0.15, 0.2) is 0 Å². The molecule has 3 aromatic carbocycles. The zero-order valence-corrected chi connectivity index (χ0v) is 20.6. The third kappa shape index (κ3) is 5.57. The van der Waals surface area contributed by atoms with Crippen molar-refractivity contribution in [1.29, 1.82) is 0 Å². The van der Waals surface area contributed by atoms with E-state index in [9.17, 15) is 22.8 Å². The van der Waals surface area contributed by atoms with Gasteiger partial charge in [0.2, 0.25) is 0 Å². The first kappa shape index (κ1) is 25.5. The number of carbonyl (C=O) groups excluding carboxylic acids is 1. The topological polar surface area (TPSA) is 69.4 Å². The Morgan fingerprint density at radius 2 is 1.68 bits per heavy atom. The van der Waals surface area contributed by atoms with E-state index in [1.54, 1.807) is 24.3 Å². The average Bonchev–Trinajstić information content (AvgIpc) is 2.91. The van der Waals surface area contributed by atoms with E-state index in [0.717, 1.165) is 27.9 Å². The number of fused-ring (bicyclic) bond motifs is 2. The Morgan fingerprint density at radius 3 is 2.47 bits per heavy atom. The van der Waals surface area contributed by atoms with Gasteiger partial charge in [-0.05, 0) is 42.8 Å². The standard InChI is InChI=1S/C29H20F3NO4S/c30-29(31,32)20-12-10-18(11-13-20)24-17-26(21-7-2-3-8-23(21)33-24)38-15-5-14-36-27(34)22-16-19-6-1-4-9-25(19)37-28(22)35/h1-4,6-13,16-17H,5,14-15H2. The Kier molecular flexibility index (Phi) is 7.20. The third-order valence-corrected chi connectivity index (χ3v) is 6.97. The first-order chi connectivity index (χ1) is 18.3. The summed E-state index contributed by atoms with van der Waals surface area (Å²) < 4.78 is 49.4. The van der Waals surface area contributed by atoms with Crippen LogP contribution in [0.4, 0.5) is 13.2 Å². The van der Waals surface area contributed by atoms with E-state index in [0.29, 0.717) is 34.4 Å². The molecule has 0 saturated carbocycles. The molecule has 5 rings (SSSR count). The van der Waals surface area contributed by atoms with Crippen molar-refractivity contribution >= 4 is 39.6 Å². The number of hydrogen-bond acceptors (Lipinski definition) is 6. The Labute approximate surface area is 219 Å². The van der Waals surface area contributed by atoms with Crippen molar-refractivity contribution in [2.24, 2.45) is 0 Å².